The largest absolute Gasteiger partial charge is 0.373 e. The molecule has 1 N–H and O–H groups in total. The molecule has 0 saturated carbocycles. The molecule has 6 heteroatoms. The van der Waals surface area contributed by atoms with E-state index < -0.39 is 0 Å². The summed E-state index contributed by atoms with van der Waals surface area (Å²) in [5.74, 6) is -0.213. The molecule has 0 radical (unpaired) electrons. The monoisotopic (exact) mass is 328 g/mol. The van der Waals surface area contributed by atoms with Gasteiger partial charge in [0.2, 0.25) is 0 Å². The molecule has 1 aromatic rings. The van der Waals surface area contributed by atoms with Gasteiger partial charge in [-0.05, 0) is 31.5 Å². The number of hydrogen-bond donors (Lipinski definition) is 1. The maximum absolute atomic E-state index is 12.2. The molecule has 2 heterocycles. The lowest BCUT2D eigenvalue weighted by Gasteiger charge is -2.35. The topological polar surface area (TPSA) is 41.6 Å². The number of amides is 1. The fourth-order valence-corrected chi connectivity index (χ4v) is 3.38. The number of rotatable bonds is 3. The third kappa shape index (κ3) is 3.34. The Kier molecular flexibility index (Phi) is 4.69. The van der Waals surface area contributed by atoms with Crippen molar-refractivity contribution in [2.75, 3.05) is 26.2 Å². The van der Waals surface area contributed by atoms with Gasteiger partial charge in [-0.2, -0.15) is 0 Å². The van der Waals surface area contributed by atoms with E-state index in [1.165, 1.54) is 12.8 Å². The lowest BCUT2D eigenvalue weighted by molar-refractivity contribution is -0.0461. The van der Waals surface area contributed by atoms with Crippen molar-refractivity contribution >= 4 is 29.1 Å². The van der Waals surface area contributed by atoms with Gasteiger partial charge in [0.15, 0.2) is 0 Å². The number of benzene rings is 1. The molecule has 114 valence electrons. The first kappa shape index (κ1) is 15.1. The Morgan fingerprint density at radius 1 is 1.43 bits per heavy atom. The summed E-state index contributed by atoms with van der Waals surface area (Å²) in [4.78, 5) is 14.6. The van der Waals surface area contributed by atoms with E-state index in [0.29, 0.717) is 28.2 Å². The third-order valence-electron chi connectivity index (χ3n) is 4.15. The van der Waals surface area contributed by atoms with E-state index in [-0.39, 0.29) is 12.0 Å². The molecule has 2 aliphatic heterocycles. The van der Waals surface area contributed by atoms with Crippen LogP contribution in [0.4, 0.5) is 0 Å². The van der Waals surface area contributed by atoms with Crippen LogP contribution in [0.1, 0.15) is 23.2 Å². The Labute approximate surface area is 134 Å². The minimum atomic E-state index is -0.213. The van der Waals surface area contributed by atoms with Gasteiger partial charge in [-0.25, -0.2) is 0 Å². The number of hydrogen-bond acceptors (Lipinski definition) is 3. The second-order valence-electron chi connectivity index (χ2n) is 5.56. The Balaban J connectivity index is 1.55. The first-order valence-corrected chi connectivity index (χ1v) is 7.98. The maximum atomic E-state index is 12.2. The summed E-state index contributed by atoms with van der Waals surface area (Å²) in [6.07, 6.45) is 2.50. The van der Waals surface area contributed by atoms with Crippen molar-refractivity contribution in [3.05, 3.63) is 33.8 Å². The number of carbonyl (C=O) groups excluding carboxylic acids is 1. The van der Waals surface area contributed by atoms with Gasteiger partial charge in [-0.3, -0.25) is 9.69 Å². The highest BCUT2D eigenvalue weighted by molar-refractivity contribution is 6.43. The average Bonchev–Trinajstić information content (AvgIpc) is 2.95. The summed E-state index contributed by atoms with van der Waals surface area (Å²) >= 11 is 12.0. The molecule has 2 aliphatic rings. The van der Waals surface area contributed by atoms with Gasteiger partial charge in [0, 0.05) is 19.1 Å². The molecule has 0 unspecified atom stereocenters. The number of nitrogens with zero attached hydrogens (tertiary/aromatic N) is 1. The van der Waals surface area contributed by atoms with Crippen molar-refractivity contribution in [3.8, 4) is 0 Å². The second kappa shape index (κ2) is 6.53. The van der Waals surface area contributed by atoms with Crippen molar-refractivity contribution in [2.24, 2.45) is 0 Å². The van der Waals surface area contributed by atoms with E-state index in [1.807, 2.05) is 0 Å². The summed E-state index contributed by atoms with van der Waals surface area (Å²) in [5, 5.41) is 3.56. The molecule has 0 bridgehead atoms. The third-order valence-corrected chi connectivity index (χ3v) is 4.97. The van der Waals surface area contributed by atoms with E-state index in [9.17, 15) is 4.79 Å². The lowest BCUT2D eigenvalue weighted by Crippen LogP contribution is -2.50. The van der Waals surface area contributed by atoms with Crippen LogP contribution in [0.25, 0.3) is 0 Å². The number of morpholine rings is 1. The first-order valence-electron chi connectivity index (χ1n) is 7.23. The fourth-order valence-electron chi connectivity index (χ4n) is 2.99. The van der Waals surface area contributed by atoms with Crippen LogP contribution >= 0.6 is 23.2 Å². The van der Waals surface area contributed by atoms with Crippen molar-refractivity contribution in [1.29, 1.82) is 0 Å². The Morgan fingerprint density at radius 3 is 3.14 bits per heavy atom. The van der Waals surface area contributed by atoms with E-state index in [2.05, 4.69) is 10.2 Å². The molecule has 4 nitrogen and oxygen atoms in total. The Hall–Kier alpha value is -0.810. The Morgan fingerprint density at radius 2 is 2.29 bits per heavy atom. The van der Waals surface area contributed by atoms with Gasteiger partial charge in [0.25, 0.3) is 5.91 Å². The van der Waals surface area contributed by atoms with Crippen LogP contribution in [0.15, 0.2) is 18.2 Å². The molecule has 2 fully saturated rings. The summed E-state index contributed by atoms with van der Waals surface area (Å²) in [6, 6.07) is 5.62. The number of carbonyl (C=O) groups is 1. The number of halogens is 2. The minimum Gasteiger partial charge on any atom is -0.373 e. The summed E-state index contributed by atoms with van der Waals surface area (Å²) in [5.41, 5.74) is 0.402. The SMILES string of the molecule is O=C(NC[C@@H]1CN2CCC[C@H]2CO1)c1cccc(Cl)c1Cl. The minimum absolute atomic E-state index is 0.0428. The molecule has 1 amide bonds. The lowest BCUT2D eigenvalue weighted by atomic mass is 10.1. The van der Waals surface area contributed by atoms with Gasteiger partial charge >= 0.3 is 0 Å². The van der Waals surface area contributed by atoms with E-state index in [0.717, 1.165) is 19.7 Å². The van der Waals surface area contributed by atoms with E-state index >= 15 is 0 Å². The molecule has 0 aliphatic carbocycles. The summed E-state index contributed by atoms with van der Waals surface area (Å²) < 4.78 is 5.82. The highest BCUT2D eigenvalue weighted by Crippen LogP contribution is 2.25. The molecule has 0 spiro atoms. The zero-order valence-electron chi connectivity index (χ0n) is 11.6. The predicted octanol–water partition coefficient (Wildman–Crippen LogP) is 2.59. The summed E-state index contributed by atoms with van der Waals surface area (Å²) in [6.45, 7) is 3.27. The molecule has 3 rings (SSSR count). The molecule has 1 aromatic carbocycles. The van der Waals surface area contributed by atoms with Crippen LogP contribution in [0.2, 0.25) is 10.0 Å². The Bertz CT molecular complexity index is 538. The van der Waals surface area contributed by atoms with Crippen molar-refractivity contribution < 1.29 is 9.53 Å². The standard InChI is InChI=1S/C15H18Cl2N2O2/c16-13-5-1-4-12(14(13)17)15(20)18-7-11-8-19-6-2-3-10(19)9-21-11/h1,4-5,10-11H,2-3,6-9H2,(H,18,20)/t10-,11+/m0/s1. The summed E-state index contributed by atoms with van der Waals surface area (Å²) in [7, 11) is 0. The molecule has 2 saturated heterocycles. The normalized spacial score (nSPS) is 25.6. The van der Waals surface area contributed by atoms with Crippen molar-refractivity contribution in [2.45, 2.75) is 25.0 Å². The van der Waals surface area contributed by atoms with Crippen LogP contribution < -0.4 is 5.32 Å². The number of fused-ring (bicyclic) bond motifs is 1. The van der Waals surface area contributed by atoms with Gasteiger partial charge < -0.3 is 10.1 Å². The first-order chi connectivity index (χ1) is 10.1. The molecular weight excluding hydrogens is 311 g/mol. The second-order valence-corrected chi connectivity index (χ2v) is 6.34. The smallest absolute Gasteiger partial charge is 0.252 e. The zero-order chi connectivity index (χ0) is 14.8. The number of ether oxygens (including phenoxy) is 1. The van der Waals surface area contributed by atoms with Gasteiger partial charge in [-0.1, -0.05) is 29.3 Å². The maximum Gasteiger partial charge on any atom is 0.252 e. The number of nitrogens with one attached hydrogen (secondary N) is 1. The average molecular weight is 329 g/mol. The zero-order valence-corrected chi connectivity index (χ0v) is 13.2. The molecule has 2 atom stereocenters. The van der Waals surface area contributed by atoms with Crippen LogP contribution in [0.3, 0.4) is 0 Å². The molecule has 21 heavy (non-hydrogen) atoms. The van der Waals surface area contributed by atoms with Crippen molar-refractivity contribution in [1.82, 2.24) is 10.2 Å². The van der Waals surface area contributed by atoms with Crippen LogP contribution in [-0.2, 0) is 4.74 Å². The molecular formula is C15H18Cl2N2O2. The van der Waals surface area contributed by atoms with Crippen LogP contribution in [-0.4, -0.2) is 49.2 Å². The van der Waals surface area contributed by atoms with Crippen LogP contribution in [0.5, 0.6) is 0 Å². The van der Waals surface area contributed by atoms with Crippen molar-refractivity contribution in [3.63, 3.8) is 0 Å². The quantitative estimate of drug-likeness (QED) is 0.927. The van der Waals surface area contributed by atoms with E-state index in [4.69, 9.17) is 27.9 Å². The van der Waals surface area contributed by atoms with Gasteiger partial charge in [-0.15, -0.1) is 0 Å². The van der Waals surface area contributed by atoms with E-state index in [1.54, 1.807) is 18.2 Å². The van der Waals surface area contributed by atoms with Crippen LogP contribution in [0, 0.1) is 0 Å². The van der Waals surface area contributed by atoms with Gasteiger partial charge in [0.05, 0.1) is 28.3 Å². The predicted molar refractivity (Wildman–Crippen MR) is 83.1 cm³/mol. The highest BCUT2D eigenvalue weighted by Gasteiger charge is 2.32. The molecule has 0 aromatic heterocycles. The fraction of sp³-hybridized carbons (Fsp3) is 0.533. The highest BCUT2D eigenvalue weighted by atomic mass is 35.5. The van der Waals surface area contributed by atoms with Gasteiger partial charge in [0.1, 0.15) is 0 Å².